The van der Waals surface area contributed by atoms with Gasteiger partial charge in [-0.25, -0.2) is 14.5 Å². The van der Waals surface area contributed by atoms with Crippen LogP contribution in [0.15, 0.2) is 12.1 Å². The Labute approximate surface area is 199 Å². The fraction of sp³-hybridized carbons (Fsp3) is 0.609. The summed E-state index contributed by atoms with van der Waals surface area (Å²) in [4.78, 5) is 29.7. The largest absolute Gasteiger partial charge is 0.486 e. The molecule has 1 aliphatic rings. The van der Waals surface area contributed by atoms with Crippen molar-refractivity contribution in [3.63, 3.8) is 0 Å². The van der Waals surface area contributed by atoms with Crippen LogP contribution in [-0.2, 0) is 27.9 Å². The van der Waals surface area contributed by atoms with Gasteiger partial charge in [-0.2, -0.15) is 0 Å². The normalized spacial score (nSPS) is 17.9. The van der Waals surface area contributed by atoms with E-state index in [1.807, 2.05) is 0 Å². The Balaban J connectivity index is 1.66. The molecule has 0 radical (unpaired) electrons. The number of hydrogen-bond donors (Lipinski definition) is 1. The highest BCUT2D eigenvalue weighted by atomic mass is 16.6. The first-order valence-corrected chi connectivity index (χ1v) is 11.5. The van der Waals surface area contributed by atoms with Gasteiger partial charge in [0.1, 0.15) is 29.8 Å². The topological polar surface area (TPSA) is 129 Å². The van der Waals surface area contributed by atoms with Crippen molar-refractivity contribution < 1.29 is 28.9 Å². The number of aliphatic carboxylic acids is 1. The van der Waals surface area contributed by atoms with Crippen molar-refractivity contribution in [2.24, 2.45) is 13.0 Å². The fourth-order valence-electron chi connectivity index (χ4n) is 3.70. The van der Waals surface area contributed by atoms with Gasteiger partial charge in [-0.15, -0.1) is 5.10 Å². The molecule has 186 valence electrons. The number of carboxylic acids is 1. The van der Waals surface area contributed by atoms with E-state index in [4.69, 9.17) is 14.2 Å². The molecule has 1 saturated heterocycles. The van der Waals surface area contributed by atoms with Crippen LogP contribution in [0.2, 0.25) is 0 Å². The van der Waals surface area contributed by atoms with Crippen molar-refractivity contribution in [1.82, 2.24) is 24.9 Å². The lowest BCUT2D eigenvalue weighted by Gasteiger charge is -2.27. The summed E-state index contributed by atoms with van der Waals surface area (Å²) in [5.74, 6) is -0.919. The van der Waals surface area contributed by atoms with E-state index < -0.39 is 18.0 Å². The molecule has 3 rings (SSSR count). The van der Waals surface area contributed by atoms with Crippen LogP contribution < -0.4 is 4.74 Å². The fourth-order valence-corrected chi connectivity index (χ4v) is 3.70. The van der Waals surface area contributed by atoms with Crippen molar-refractivity contribution in [2.75, 3.05) is 26.8 Å². The smallest absolute Gasteiger partial charge is 0.409 e. The van der Waals surface area contributed by atoms with Crippen LogP contribution in [0, 0.1) is 12.8 Å². The second-order valence-electron chi connectivity index (χ2n) is 8.52. The van der Waals surface area contributed by atoms with Gasteiger partial charge in [0.25, 0.3) is 0 Å². The van der Waals surface area contributed by atoms with E-state index >= 15 is 0 Å². The van der Waals surface area contributed by atoms with Crippen LogP contribution in [-0.4, -0.2) is 75.0 Å². The minimum absolute atomic E-state index is 0.0186. The van der Waals surface area contributed by atoms with Gasteiger partial charge in [0.05, 0.1) is 30.5 Å². The van der Waals surface area contributed by atoms with Crippen LogP contribution in [0.1, 0.15) is 44.0 Å². The van der Waals surface area contributed by atoms with E-state index in [0.717, 1.165) is 19.3 Å². The molecule has 0 aliphatic carbocycles. The SMILES string of the molecule is CCCCCN(C)C(=O)OCc1c(-c2ccc(O[C@@H]3COCC(C(=O)O)C3)c(C)n2)nnn1C. The third-order valence-electron chi connectivity index (χ3n) is 5.78. The molecule has 2 aromatic heterocycles. The van der Waals surface area contributed by atoms with E-state index in [-0.39, 0.29) is 19.3 Å². The summed E-state index contributed by atoms with van der Waals surface area (Å²) in [5.41, 5.74) is 2.34. The minimum Gasteiger partial charge on any atom is -0.486 e. The van der Waals surface area contributed by atoms with Gasteiger partial charge < -0.3 is 24.2 Å². The Bertz CT molecular complexity index is 994. The van der Waals surface area contributed by atoms with E-state index in [2.05, 4.69) is 22.2 Å². The van der Waals surface area contributed by atoms with E-state index in [1.54, 1.807) is 42.7 Å². The van der Waals surface area contributed by atoms with Gasteiger partial charge in [-0.1, -0.05) is 25.0 Å². The molecule has 1 unspecified atom stereocenters. The highest BCUT2D eigenvalue weighted by molar-refractivity contribution is 5.70. The highest BCUT2D eigenvalue weighted by Gasteiger charge is 2.29. The molecule has 1 aliphatic heterocycles. The van der Waals surface area contributed by atoms with Crippen LogP contribution >= 0.6 is 0 Å². The van der Waals surface area contributed by atoms with Gasteiger partial charge in [0.2, 0.25) is 0 Å². The third kappa shape index (κ3) is 6.43. The lowest BCUT2D eigenvalue weighted by Crippen LogP contribution is -2.37. The second-order valence-corrected chi connectivity index (χ2v) is 8.52. The Hall–Kier alpha value is -3.21. The van der Waals surface area contributed by atoms with Crippen molar-refractivity contribution in [3.8, 4) is 17.1 Å². The van der Waals surface area contributed by atoms with Gasteiger partial charge in [0.15, 0.2) is 0 Å². The Kier molecular flexibility index (Phi) is 8.80. The number of hydrogen-bond acceptors (Lipinski definition) is 8. The number of ether oxygens (including phenoxy) is 3. The molecule has 11 nitrogen and oxygen atoms in total. The Morgan fingerprint density at radius 1 is 1.29 bits per heavy atom. The number of rotatable bonds is 10. The molecule has 2 atom stereocenters. The zero-order valence-electron chi connectivity index (χ0n) is 20.2. The summed E-state index contributed by atoms with van der Waals surface area (Å²) in [6, 6.07) is 3.53. The van der Waals surface area contributed by atoms with Crippen molar-refractivity contribution in [3.05, 3.63) is 23.5 Å². The molecule has 1 amide bonds. The predicted octanol–water partition coefficient (Wildman–Crippen LogP) is 2.81. The van der Waals surface area contributed by atoms with Crippen molar-refractivity contribution in [1.29, 1.82) is 0 Å². The summed E-state index contributed by atoms with van der Waals surface area (Å²) in [6.45, 7) is 5.11. The lowest BCUT2D eigenvalue weighted by molar-refractivity contribution is -0.149. The number of carboxylic acid groups (broad SMARTS) is 1. The third-order valence-corrected chi connectivity index (χ3v) is 5.78. The average molecular weight is 476 g/mol. The summed E-state index contributed by atoms with van der Waals surface area (Å²) < 4.78 is 18.4. The molecule has 11 heteroatoms. The molecule has 1 N–H and O–H groups in total. The monoisotopic (exact) mass is 475 g/mol. The van der Waals surface area contributed by atoms with Gasteiger partial charge in [0, 0.05) is 27.1 Å². The zero-order chi connectivity index (χ0) is 24.7. The van der Waals surface area contributed by atoms with E-state index in [0.29, 0.717) is 48.1 Å². The predicted molar refractivity (Wildman–Crippen MR) is 122 cm³/mol. The number of aromatic nitrogens is 4. The minimum atomic E-state index is -0.887. The first-order chi connectivity index (χ1) is 16.3. The number of nitrogens with zero attached hydrogens (tertiary/aromatic N) is 5. The van der Waals surface area contributed by atoms with Gasteiger partial charge in [-0.3, -0.25) is 4.79 Å². The van der Waals surface area contributed by atoms with Crippen LogP contribution in [0.5, 0.6) is 5.75 Å². The Morgan fingerprint density at radius 3 is 2.79 bits per heavy atom. The molecule has 0 bridgehead atoms. The molecule has 1 fully saturated rings. The van der Waals surface area contributed by atoms with Crippen molar-refractivity contribution >= 4 is 12.1 Å². The molecule has 0 saturated carbocycles. The zero-order valence-corrected chi connectivity index (χ0v) is 20.2. The first kappa shape index (κ1) is 25.4. The molecular formula is C23H33N5O6. The van der Waals surface area contributed by atoms with Crippen LogP contribution in [0.25, 0.3) is 11.4 Å². The Morgan fingerprint density at radius 2 is 2.09 bits per heavy atom. The lowest BCUT2D eigenvalue weighted by atomic mass is 10.0. The number of pyridine rings is 1. The molecule has 0 spiro atoms. The van der Waals surface area contributed by atoms with Gasteiger partial charge >= 0.3 is 12.1 Å². The van der Waals surface area contributed by atoms with E-state index in [9.17, 15) is 14.7 Å². The van der Waals surface area contributed by atoms with Crippen molar-refractivity contribution in [2.45, 2.75) is 52.2 Å². The highest BCUT2D eigenvalue weighted by Crippen LogP contribution is 2.27. The number of carbonyl (C=O) groups excluding carboxylic acids is 1. The molecule has 34 heavy (non-hydrogen) atoms. The number of amides is 1. The maximum atomic E-state index is 12.3. The summed E-state index contributed by atoms with van der Waals surface area (Å²) in [5, 5.41) is 17.5. The van der Waals surface area contributed by atoms with Crippen LogP contribution in [0.3, 0.4) is 0 Å². The number of aryl methyl sites for hydroxylation is 2. The molecule has 2 aromatic rings. The summed E-state index contributed by atoms with van der Waals surface area (Å²) in [7, 11) is 3.46. The molecule has 3 heterocycles. The first-order valence-electron chi connectivity index (χ1n) is 11.5. The maximum Gasteiger partial charge on any atom is 0.409 e. The quantitative estimate of drug-likeness (QED) is 0.516. The summed E-state index contributed by atoms with van der Waals surface area (Å²) >= 11 is 0. The molecule has 0 aromatic carbocycles. The average Bonchev–Trinajstić information content (AvgIpc) is 3.19. The number of unbranched alkanes of at least 4 members (excludes halogenated alkanes) is 2. The standard InChI is InChI=1S/C23H33N5O6/c1-5-6-7-10-27(3)23(31)33-14-19-21(25-26-28(19)4)18-8-9-20(15(2)24-18)34-17-11-16(22(29)30)12-32-13-17/h8-9,16-17H,5-7,10-14H2,1-4H3,(H,29,30)/t16?,17-/m0/s1. The summed E-state index contributed by atoms with van der Waals surface area (Å²) in [6.07, 6.45) is 2.70. The van der Waals surface area contributed by atoms with E-state index in [1.165, 1.54) is 0 Å². The van der Waals surface area contributed by atoms with Crippen LogP contribution in [0.4, 0.5) is 4.79 Å². The number of carbonyl (C=O) groups is 2. The second kappa shape index (κ2) is 11.8. The van der Waals surface area contributed by atoms with Gasteiger partial charge in [-0.05, 0) is 25.5 Å². The maximum absolute atomic E-state index is 12.3. The molecular weight excluding hydrogens is 442 g/mol.